The van der Waals surface area contributed by atoms with Crippen LogP contribution in [0.2, 0.25) is 0 Å². The molecular weight excluding hydrogens is 556 g/mol. The summed E-state index contributed by atoms with van der Waals surface area (Å²) in [6.07, 6.45) is 3.75. The molecule has 0 bridgehead atoms. The third-order valence-electron chi connectivity index (χ3n) is 8.88. The van der Waals surface area contributed by atoms with E-state index in [1.165, 1.54) is 14.0 Å². The topological polar surface area (TPSA) is 102 Å². The van der Waals surface area contributed by atoms with Gasteiger partial charge in [0, 0.05) is 29.9 Å². The summed E-state index contributed by atoms with van der Waals surface area (Å²) in [7, 11) is 1.52. The quantitative estimate of drug-likeness (QED) is 0.179. The van der Waals surface area contributed by atoms with Crippen LogP contribution in [0.3, 0.4) is 0 Å². The van der Waals surface area contributed by atoms with Gasteiger partial charge in [-0.1, -0.05) is 54.6 Å². The zero-order valence-corrected chi connectivity index (χ0v) is 24.0. The molecule has 3 aliphatic rings. The summed E-state index contributed by atoms with van der Waals surface area (Å²) in [5.74, 6) is -1.80. The number of Topliss-reactive ketones (excluding diaryl/α,β-unsaturated/α-hetero) is 2. The summed E-state index contributed by atoms with van der Waals surface area (Å²) in [4.78, 5) is 57.5. The highest BCUT2D eigenvalue weighted by Crippen LogP contribution is 2.62. The van der Waals surface area contributed by atoms with E-state index >= 15 is 0 Å². The Morgan fingerprint density at radius 2 is 1.57 bits per heavy atom. The predicted octanol–water partition coefficient (Wildman–Crippen LogP) is 5.60. The number of amides is 1. The van der Waals surface area contributed by atoms with Crippen molar-refractivity contribution in [3.05, 3.63) is 131 Å². The van der Waals surface area contributed by atoms with Crippen LogP contribution >= 0.6 is 0 Å². The number of methoxy groups -OCH3 is 1. The van der Waals surface area contributed by atoms with Crippen LogP contribution in [-0.2, 0) is 15.0 Å². The number of carbonyl (C=O) groups excluding carboxylic acids is 4. The Balaban J connectivity index is 1.48. The van der Waals surface area contributed by atoms with Crippen LogP contribution in [-0.4, -0.2) is 41.5 Å². The second kappa shape index (κ2) is 10.3. The molecule has 44 heavy (non-hydrogen) atoms. The standard InChI is InChI=1S/C36H28N2O6/c1-21(39)44-25-16-14-23(15-17-25)33(41)31-30(32(40)24-9-7-10-26(20-24)43-2)36(28-12-5-6-13-29(28)37-35(36)42)34-27-11-4-3-8-22(27)18-19-38(31)34/h3-20,30-31,34H,1-2H3,(H,37,42)/t30-,31-,34+,36+/m0/s1. The van der Waals surface area contributed by atoms with Crippen molar-refractivity contribution >= 4 is 35.2 Å². The van der Waals surface area contributed by atoms with E-state index in [1.54, 1.807) is 48.5 Å². The second-order valence-corrected chi connectivity index (χ2v) is 11.2. The Bertz CT molecular complexity index is 1880. The highest BCUT2D eigenvalue weighted by Gasteiger charge is 2.70. The van der Waals surface area contributed by atoms with Crippen molar-refractivity contribution < 1.29 is 28.7 Å². The lowest BCUT2D eigenvalue weighted by Crippen LogP contribution is -2.49. The maximum absolute atomic E-state index is 14.9. The number of hydrogen-bond acceptors (Lipinski definition) is 7. The average Bonchev–Trinajstić information content (AvgIpc) is 3.52. The van der Waals surface area contributed by atoms with Gasteiger partial charge in [0.25, 0.3) is 0 Å². The molecule has 1 spiro atoms. The summed E-state index contributed by atoms with van der Waals surface area (Å²) in [5.41, 5.74) is 2.28. The van der Waals surface area contributed by atoms with Gasteiger partial charge in [-0.05, 0) is 65.2 Å². The van der Waals surface area contributed by atoms with E-state index in [4.69, 9.17) is 9.47 Å². The third-order valence-corrected chi connectivity index (χ3v) is 8.88. The molecule has 8 heteroatoms. The molecule has 8 nitrogen and oxygen atoms in total. The number of nitrogens with one attached hydrogen (secondary N) is 1. The van der Waals surface area contributed by atoms with Crippen LogP contribution in [0.4, 0.5) is 5.69 Å². The molecular formula is C36H28N2O6. The van der Waals surface area contributed by atoms with Crippen molar-refractivity contribution in [1.29, 1.82) is 0 Å². The fourth-order valence-corrected chi connectivity index (χ4v) is 7.15. The van der Waals surface area contributed by atoms with Crippen molar-refractivity contribution in [3.63, 3.8) is 0 Å². The molecule has 0 unspecified atom stereocenters. The SMILES string of the molecule is COc1cccc(C(=O)[C@@H]2[C@@H](C(=O)c3ccc(OC(C)=O)cc3)N3C=Cc4ccccc4[C@@H]3[C@]23C(=O)Nc2ccccc23)c1. The van der Waals surface area contributed by atoms with Gasteiger partial charge >= 0.3 is 5.97 Å². The van der Waals surface area contributed by atoms with Gasteiger partial charge in [-0.3, -0.25) is 19.2 Å². The molecule has 4 aromatic rings. The molecule has 0 aliphatic carbocycles. The number of fused-ring (bicyclic) bond motifs is 6. The normalized spacial score (nSPS) is 22.5. The summed E-state index contributed by atoms with van der Waals surface area (Å²) in [5, 5.41) is 3.05. The lowest BCUT2D eigenvalue weighted by molar-refractivity contribution is -0.131. The number of carbonyl (C=O) groups is 4. The van der Waals surface area contributed by atoms with Gasteiger partial charge in [-0.25, -0.2) is 0 Å². The van der Waals surface area contributed by atoms with Gasteiger partial charge < -0.3 is 19.7 Å². The fourth-order valence-electron chi connectivity index (χ4n) is 7.15. The Morgan fingerprint density at radius 1 is 0.818 bits per heavy atom. The number of esters is 1. The molecule has 0 aromatic heterocycles. The van der Waals surface area contributed by atoms with E-state index in [9.17, 15) is 19.2 Å². The minimum Gasteiger partial charge on any atom is -0.497 e. The van der Waals surface area contributed by atoms with E-state index in [1.807, 2.05) is 65.7 Å². The number of para-hydroxylation sites is 1. The molecule has 1 fully saturated rings. The van der Waals surface area contributed by atoms with Crippen LogP contribution in [0.5, 0.6) is 11.5 Å². The Labute approximate surface area is 253 Å². The minimum absolute atomic E-state index is 0.301. The number of hydrogen-bond donors (Lipinski definition) is 1. The Morgan fingerprint density at radius 3 is 2.34 bits per heavy atom. The van der Waals surface area contributed by atoms with Crippen molar-refractivity contribution in [2.75, 3.05) is 12.4 Å². The van der Waals surface area contributed by atoms with Crippen LogP contribution in [0.1, 0.15) is 50.4 Å². The zero-order valence-electron chi connectivity index (χ0n) is 24.0. The lowest BCUT2D eigenvalue weighted by atomic mass is 9.62. The average molecular weight is 585 g/mol. The number of rotatable bonds is 6. The first-order valence-electron chi connectivity index (χ1n) is 14.3. The lowest BCUT2D eigenvalue weighted by Gasteiger charge is -2.38. The molecule has 0 radical (unpaired) electrons. The summed E-state index contributed by atoms with van der Waals surface area (Å²) in [6, 6.07) is 26.5. The molecule has 218 valence electrons. The molecule has 3 heterocycles. The van der Waals surface area contributed by atoms with Crippen LogP contribution in [0.25, 0.3) is 6.08 Å². The first-order valence-corrected chi connectivity index (χ1v) is 14.3. The number of ketones is 2. The molecule has 7 rings (SSSR count). The zero-order chi connectivity index (χ0) is 30.6. The number of anilines is 1. The second-order valence-electron chi connectivity index (χ2n) is 11.2. The van der Waals surface area contributed by atoms with Crippen LogP contribution in [0.15, 0.2) is 103 Å². The number of benzene rings is 4. The van der Waals surface area contributed by atoms with Crippen LogP contribution < -0.4 is 14.8 Å². The van der Waals surface area contributed by atoms with Crippen LogP contribution in [0, 0.1) is 5.92 Å². The largest absolute Gasteiger partial charge is 0.497 e. The molecule has 1 N–H and O–H groups in total. The first-order chi connectivity index (χ1) is 21.3. The molecule has 3 aliphatic heterocycles. The highest BCUT2D eigenvalue weighted by molar-refractivity contribution is 6.16. The van der Waals surface area contributed by atoms with Crippen molar-refractivity contribution in [2.24, 2.45) is 5.92 Å². The maximum atomic E-state index is 14.9. The predicted molar refractivity (Wildman–Crippen MR) is 163 cm³/mol. The Hall–Kier alpha value is -5.50. The van der Waals surface area contributed by atoms with Crippen molar-refractivity contribution in [3.8, 4) is 11.5 Å². The summed E-state index contributed by atoms with van der Waals surface area (Å²) in [6.45, 7) is 1.30. The van der Waals surface area contributed by atoms with E-state index in [0.29, 0.717) is 33.9 Å². The monoisotopic (exact) mass is 584 g/mol. The molecule has 0 saturated carbocycles. The first kappa shape index (κ1) is 27.3. The number of ether oxygens (including phenoxy) is 2. The molecule has 1 saturated heterocycles. The molecule has 4 atom stereocenters. The van der Waals surface area contributed by atoms with E-state index in [0.717, 1.165) is 11.1 Å². The van der Waals surface area contributed by atoms with E-state index in [2.05, 4.69) is 5.32 Å². The van der Waals surface area contributed by atoms with Gasteiger partial charge in [0.2, 0.25) is 5.91 Å². The summed E-state index contributed by atoms with van der Waals surface area (Å²) < 4.78 is 10.6. The summed E-state index contributed by atoms with van der Waals surface area (Å²) >= 11 is 0. The van der Waals surface area contributed by atoms with Gasteiger partial charge in [-0.15, -0.1) is 0 Å². The third kappa shape index (κ3) is 3.98. The fraction of sp³-hybridized carbons (Fsp3) is 0.167. The van der Waals surface area contributed by atoms with Crippen molar-refractivity contribution in [2.45, 2.75) is 24.4 Å². The van der Waals surface area contributed by atoms with Gasteiger partial charge in [0.05, 0.1) is 19.1 Å². The molecule has 1 amide bonds. The molecule has 4 aromatic carbocycles. The maximum Gasteiger partial charge on any atom is 0.308 e. The highest BCUT2D eigenvalue weighted by atomic mass is 16.5. The van der Waals surface area contributed by atoms with Gasteiger partial charge in [0.1, 0.15) is 23.0 Å². The van der Waals surface area contributed by atoms with Gasteiger partial charge in [-0.2, -0.15) is 0 Å². The smallest absolute Gasteiger partial charge is 0.308 e. The van der Waals surface area contributed by atoms with Crippen molar-refractivity contribution in [1.82, 2.24) is 4.90 Å². The Kier molecular flexibility index (Phi) is 6.43. The van der Waals surface area contributed by atoms with E-state index < -0.39 is 29.4 Å². The van der Waals surface area contributed by atoms with Gasteiger partial charge in [0.15, 0.2) is 11.6 Å². The van der Waals surface area contributed by atoms with E-state index in [-0.39, 0.29) is 17.5 Å². The minimum atomic E-state index is -1.43. The number of nitrogens with zero attached hydrogens (tertiary/aromatic N) is 1.